The molecule has 8 heteroatoms. The summed E-state index contributed by atoms with van der Waals surface area (Å²) in [6.45, 7) is 13.3. The largest absolute Gasteiger partial charge is 0.479 e. The normalized spacial score (nSPS) is 19.4. The Balaban J connectivity index is 2.74. The number of carbonyl (C=O) groups is 1. The average molecular weight is 477 g/mol. The number of pyridine rings is 1. The van der Waals surface area contributed by atoms with E-state index in [2.05, 4.69) is 39.7 Å². The standard InChI is InChI=1S/C20H31BrClN3O3/c1-7-20(17(26)27,28-18(2,3)4)12-14(13(21)16(23)24-15(12)22)25-10-8-19(5,6)9-11-25/h7-11H2,1-6H3,(H2,23,24)(H,26,27). The van der Waals surface area contributed by atoms with Gasteiger partial charge in [0.25, 0.3) is 0 Å². The predicted octanol–water partition coefficient (Wildman–Crippen LogP) is 5.21. The van der Waals surface area contributed by atoms with Crippen LogP contribution >= 0.6 is 27.5 Å². The summed E-state index contributed by atoms with van der Waals surface area (Å²) in [5, 5.41) is 10.3. The highest BCUT2D eigenvalue weighted by atomic mass is 79.9. The van der Waals surface area contributed by atoms with Gasteiger partial charge in [-0.05, 0) is 61.4 Å². The molecule has 1 unspecified atom stereocenters. The lowest BCUT2D eigenvalue weighted by molar-refractivity contribution is -0.188. The van der Waals surface area contributed by atoms with Crippen LogP contribution in [-0.2, 0) is 15.1 Å². The fourth-order valence-corrected chi connectivity index (χ4v) is 4.53. The number of nitrogens with zero attached hydrogens (tertiary/aromatic N) is 2. The predicted molar refractivity (Wildman–Crippen MR) is 117 cm³/mol. The van der Waals surface area contributed by atoms with Crippen molar-refractivity contribution < 1.29 is 14.6 Å². The van der Waals surface area contributed by atoms with E-state index in [4.69, 9.17) is 22.1 Å². The fraction of sp³-hybridized carbons (Fsp3) is 0.700. The van der Waals surface area contributed by atoms with Crippen molar-refractivity contribution in [3.63, 3.8) is 0 Å². The molecule has 0 spiro atoms. The Morgan fingerprint density at radius 3 is 2.32 bits per heavy atom. The number of aromatic nitrogens is 1. The summed E-state index contributed by atoms with van der Waals surface area (Å²) in [4.78, 5) is 18.9. The second-order valence-electron chi connectivity index (χ2n) is 9.18. The Labute approximate surface area is 180 Å². The summed E-state index contributed by atoms with van der Waals surface area (Å²) in [7, 11) is 0. The van der Waals surface area contributed by atoms with Gasteiger partial charge in [0.2, 0.25) is 0 Å². The summed E-state index contributed by atoms with van der Waals surface area (Å²) in [6, 6.07) is 0. The molecule has 0 saturated carbocycles. The van der Waals surface area contributed by atoms with Gasteiger partial charge in [-0.2, -0.15) is 0 Å². The van der Waals surface area contributed by atoms with Crippen LogP contribution < -0.4 is 10.6 Å². The first-order valence-electron chi connectivity index (χ1n) is 9.57. The first-order chi connectivity index (χ1) is 12.7. The molecule has 1 aliphatic heterocycles. The Morgan fingerprint density at radius 1 is 1.36 bits per heavy atom. The van der Waals surface area contributed by atoms with Crippen molar-refractivity contribution in [3.05, 3.63) is 15.2 Å². The minimum Gasteiger partial charge on any atom is -0.479 e. The van der Waals surface area contributed by atoms with E-state index in [1.54, 1.807) is 6.92 Å². The van der Waals surface area contributed by atoms with Gasteiger partial charge in [0.1, 0.15) is 11.0 Å². The van der Waals surface area contributed by atoms with Crippen molar-refractivity contribution in [3.8, 4) is 0 Å². The lowest BCUT2D eigenvalue weighted by Crippen LogP contribution is -2.46. The van der Waals surface area contributed by atoms with Crippen LogP contribution in [0.3, 0.4) is 0 Å². The molecule has 1 aromatic rings. The summed E-state index contributed by atoms with van der Waals surface area (Å²) in [6.07, 6.45) is 2.15. The molecule has 1 atom stereocenters. The van der Waals surface area contributed by atoms with Crippen LogP contribution in [-0.4, -0.2) is 34.8 Å². The Bertz CT molecular complexity index is 754. The number of nitrogens with two attached hydrogens (primary N) is 1. The zero-order chi connectivity index (χ0) is 21.5. The maximum absolute atomic E-state index is 12.5. The molecule has 0 aromatic carbocycles. The lowest BCUT2D eigenvalue weighted by atomic mass is 9.82. The number of carboxylic acids is 1. The lowest BCUT2D eigenvalue weighted by Gasteiger charge is -2.43. The highest BCUT2D eigenvalue weighted by Gasteiger charge is 2.48. The molecule has 0 amide bonds. The summed E-state index contributed by atoms with van der Waals surface area (Å²) >= 11 is 10.1. The van der Waals surface area contributed by atoms with Gasteiger partial charge in [-0.1, -0.05) is 32.4 Å². The molecule has 1 fully saturated rings. The van der Waals surface area contributed by atoms with E-state index in [0.717, 1.165) is 25.9 Å². The summed E-state index contributed by atoms with van der Waals surface area (Å²) in [5.74, 6) is -0.858. The number of hydrogen-bond donors (Lipinski definition) is 2. The minimum absolute atomic E-state index is 0.0639. The van der Waals surface area contributed by atoms with E-state index in [-0.39, 0.29) is 22.8 Å². The number of anilines is 2. The molecule has 0 bridgehead atoms. The number of halogens is 2. The maximum Gasteiger partial charge on any atom is 0.340 e. The topological polar surface area (TPSA) is 88.7 Å². The average Bonchev–Trinajstić information content (AvgIpc) is 2.55. The minimum atomic E-state index is -1.64. The monoisotopic (exact) mass is 475 g/mol. The smallest absolute Gasteiger partial charge is 0.340 e. The van der Waals surface area contributed by atoms with Gasteiger partial charge < -0.3 is 20.5 Å². The highest BCUT2D eigenvalue weighted by Crippen LogP contribution is 2.48. The Hall–Kier alpha value is -1.05. The zero-order valence-corrected chi connectivity index (χ0v) is 19.9. The maximum atomic E-state index is 12.5. The fourth-order valence-electron chi connectivity index (χ4n) is 3.65. The molecule has 3 N–H and O–H groups in total. The molecular weight excluding hydrogens is 446 g/mol. The number of nitrogen functional groups attached to an aromatic ring is 1. The van der Waals surface area contributed by atoms with Crippen molar-refractivity contribution in [2.24, 2.45) is 5.41 Å². The van der Waals surface area contributed by atoms with Crippen molar-refractivity contribution in [1.29, 1.82) is 0 Å². The first kappa shape index (κ1) is 23.2. The number of hydrogen-bond acceptors (Lipinski definition) is 5. The number of aliphatic carboxylic acids is 1. The number of piperidine rings is 1. The summed E-state index contributed by atoms with van der Waals surface area (Å²) < 4.78 is 6.72. The molecule has 1 aliphatic rings. The van der Waals surface area contributed by atoms with Crippen molar-refractivity contribution in [2.75, 3.05) is 23.7 Å². The molecule has 0 radical (unpaired) electrons. The second kappa shape index (κ2) is 8.00. The molecule has 2 heterocycles. The quantitative estimate of drug-likeness (QED) is 0.567. The van der Waals surface area contributed by atoms with E-state index in [0.29, 0.717) is 15.7 Å². The first-order valence-corrected chi connectivity index (χ1v) is 10.7. The SMILES string of the molecule is CCC(OC(C)(C)C)(C(=O)O)c1c(Cl)nc(N)c(Br)c1N1CCC(C)(C)CC1. The Kier molecular flexibility index (Phi) is 6.63. The van der Waals surface area contributed by atoms with E-state index in [1.165, 1.54) is 0 Å². The van der Waals surface area contributed by atoms with Gasteiger partial charge in [0.15, 0.2) is 5.60 Å². The van der Waals surface area contributed by atoms with Crippen molar-refractivity contribution >= 4 is 45.0 Å². The van der Waals surface area contributed by atoms with Crippen LogP contribution in [0, 0.1) is 5.41 Å². The molecular formula is C20H31BrClN3O3. The molecule has 6 nitrogen and oxygen atoms in total. The third kappa shape index (κ3) is 4.57. The molecule has 158 valence electrons. The number of carboxylic acid groups (broad SMARTS) is 1. The van der Waals surface area contributed by atoms with Gasteiger partial charge >= 0.3 is 5.97 Å². The van der Waals surface area contributed by atoms with Gasteiger partial charge in [-0.25, -0.2) is 9.78 Å². The van der Waals surface area contributed by atoms with E-state index in [1.807, 2.05) is 20.8 Å². The number of ether oxygens (including phenoxy) is 1. The molecule has 0 aliphatic carbocycles. The van der Waals surface area contributed by atoms with Crippen LogP contribution in [0.1, 0.15) is 66.4 Å². The van der Waals surface area contributed by atoms with E-state index < -0.39 is 17.2 Å². The number of rotatable bonds is 5. The molecule has 2 rings (SSSR count). The zero-order valence-electron chi connectivity index (χ0n) is 17.5. The van der Waals surface area contributed by atoms with Crippen LogP contribution in [0.2, 0.25) is 5.15 Å². The molecule has 1 aromatic heterocycles. The van der Waals surface area contributed by atoms with Crippen molar-refractivity contribution in [1.82, 2.24) is 4.98 Å². The van der Waals surface area contributed by atoms with Crippen LogP contribution in [0.15, 0.2) is 4.47 Å². The van der Waals surface area contributed by atoms with Gasteiger partial charge in [-0.3, -0.25) is 0 Å². The second-order valence-corrected chi connectivity index (χ2v) is 10.3. The Morgan fingerprint density at radius 2 is 1.89 bits per heavy atom. The van der Waals surface area contributed by atoms with Gasteiger partial charge in [0.05, 0.1) is 21.3 Å². The molecule has 1 saturated heterocycles. The van der Waals surface area contributed by atoms with Crippen LogP contribution in [0.4, 0.5) is 11.5 Å². The van der Waals surface area contributed by atoms with E-state index >= 15 is 0 Å². The highest BCUT2D eigenvalue weighted by molar-refractivity contribution is 9.10. The summed E-state index contributed by atoms with van der Waals surface area (Å²) in [5.41, 5.74) is 5.01. The van der Waals surface area contributed by atoms with E-state index in [9.17, 15) is 9.90 Å². The third-order valence-corrected chi connectivity index (χ3v) is 6.31. The van der Waals surface area contributed by atoms with Crippen molar-refractivity contribution in [2.45, 2.75) is 72.0 Å². The van der Waals surface area contributed by atoms with Crippen LogP contribution in [0.5, 0.6) is 0 Å². The van der Waals surface area contributed by atoms with Crippen LogP contribution in [0.25, 0.3) is 0 Å². The van der Waals surface area contributed by atoms with Gasteiger partial charge in [0, 0.05) is 13.1 Å². The van der Waals surface area contributed by atoms with Gasteiger partial charge in [-0.15, -0.1) is 0 Å². The third-order valence-electron chi connectivity index (χ3n) is 5.26. The molecule has 28 heavy (non-hydrogen) atoms.